The number of H-pyrrole nitrogens is 1. The van der Waals surface area contributed by atoms with Gasteiger partial charge >= 0.3 is 15.4 Å². The Kier molecular flexibility index (Phi) is 7.73. The number of hydrogen-bond acceptors (Lipinski definition) is 16. The van der Waals surface area contributed by atoms with Gasteiger partial charge in [-0.1, -0.05) is 0 Å². The van der Waals surface area contributed by atoms with Crippen molar-refractivity contribution in [3.05, 3.63) is 35.3 Å². The number of aliphatic hydroxyl groups is 1. The number of aliphatic hydroxyl groups excluding tert-OH is 1. The third-order valence-corrected chi connectivity index (χ3v) is 9.61. The summed E-state index contributed by atoms with van der Waals surface area (Å²) in [6.45, 7) is -1.58. The highest BCUT2D eigenvalue weighted by Crippen LogP contribution is 2.52. The van der Waals surface area contributed by atoms with Crippen LogP contribution >= 0.6 is 15.4 Å². The predicted molar refractivity (Wildman–Crippen MR) is 149 cm³/mol. The molecule has 0 amide bonds. The fourth-order valence-electron chi connectivity index (χ4n) is 5.47. The number of ether oxygens (including phenoxy) is 3. The van der Waals surface area contributed by atoms with Crippen molar-refractivity contribution in [2.45, 2.75) is 49.1 Å². The van der Waals surface area contributed by atoms with Crippen LogP contribution in [0.1, 0.15) is 12.5 Å². The summed E-state index contributed by atoms with van der Waals surface area (Å²) in [6, 6.07) is 1.50. The van der Waals surface area contributed by atoms with Crippen LogP contribution < -0.4 is 17.0 Å². The van der Waals surface area contributed by atoms with Crippen molar-refractivity contribution in [1.29, 1.82) is 0 Å². The molecule has 46 heavy (non-hydrogen) atoms. The third-order valence-electron chi connectivity index (χ3n) is 7.60. The molecule has 4 aromatic heterocycles. The highest BCUT2D eigenvalue weighted by molar-refractivity contribution is 7.52. The molecule has 3 fully saturated rings. The van der Waals surface area contributed by atoms with Gasteiger partial charge in [-0.25, -0.2) is 23.9 Å². The molecule has 3 saturated heterocycles. The fourth-order valence-corrected chi connectivity index (χ4v) is 7.22. The monoisotopic (exact) mass is 689 g/mol. The second-order valence-electron chi connectivity index (χ2n) is 10.6. The molecule has 4 aromatic rings. The Labute approximate surface area is 255 Å². The Hall–Kier alpha value is -3.40. The molecule has 0 spiro atoms. The second kappa shape index (κ2) is 11.4. The quantitative estimate of drug-likeness (QED) is 0.142. The lowest BCUT2D eigenvalue weighted by molar-refractivity contribution is -0.0631. The van der Waals surface area contributed by atoms with E-state index in [1.807, 2.05) is 0 Å². The molecule has 0 aliphatic carbocycles. The van der Waals surface area contributed by atoms with Crippen molar-refractivity contribution in [1.82, 2.24) is 34.1 Å². The number of nitrogens with zero attached hydrogens (tertiary/aromatic N) is 6. The summed E-state index contributed by atoms with van der Waals surface area (Å²) in [6.07, 6.45) is -10.4. The van der Waals surface area contributed by atoms with E-state index in [4.69, 9.17) is 39.2 Å². The number of nitrogens with two attached hydrogens (primary N) is 2. The molecule has 4 unspecified atom stereocenters. The zero-order chi connectivity index (χ0) is 32.5. The number of nitrogens with one attached hydrogen (secondary N) is 1. The van der Waals surface area contributed by atoms with E-state index < -0.39 is 89.7 Å². The molecule has 10 atom stereocenters. The Morgan fingerprint density at radius 3 is 2.43 bits per heavy atom. The Balaban J connectivity index is 1.20. The lowest BCUT2D eigenvalue weighted by Gasteiger charge is -2.26. The Morgan fingerprint density at radius 2 is 1.65 bits per heavy atom. The average molecular weight is 689 g/mol. The molecule has 0 saturated carbocycles. The standard InChI is InChI=1S/C22H26FN9O12P2/c23-11-15-10(43-20(11)31-5-27-12-8(24)1-2-26-17(12)31)4-41-46(37,38)44-16-14(33)9(3-40-45(35,36)7-39-15)42-21(16)32-6-28-13-18(32)29-22(25)30-19(13)34/h1-2,5-6,9-11,14-16,20-21,33H,3-4,7H2,(H2,24,26)(H,35,36)(H,37,38)(H3,25,29,30,34)/t9-,10-,11?,14+,15+,16?,20-,21-/m1/s1. The summed E-state index contributed by atoms with van der Waals surface area (Å²) in [5.41, 5.74) is 11.3. The minimum Gasteiger partial charge on any atom is -0.397 e. The van der Waals surface area contributed by atoms with Gasteiger partial charge in [-0.05, 0) is 6.07 Å². The molecule has 0 radical (unpaired) electrons. The molecule has 7 heterocycles. The highest BCUT2D eigenvalue weighted by Gasteiger charge is 2.53. The number of hydrogen-bond donors (Lipinski definition) is 6. The first-order valence-corrected chi connectivity index (χ1v) is 16.7. The van der Waals surface area contributed by atoms with Crippen molar-refractivity contribution in [2.24, 2.45) is 0 Å². The maximum absolute atomic E-state index is 15.9. The first-order valence-electron chi connectivity index (χ1n) is 13.5. The van der Waals surface area contributed by atoms with Crippen LogP contribution in [-0.4, -0.2) is 105 Å². The normalized spacial score (nSPS) is 37.4. The van der Waals surface area contributed by atoms with Gasteiger partial charge in [0, 0.05) is 6.20 Å². The van der Waals surface area contributed by atoms with Gasteiger partial charge in [-0.3, -0.25) is 32.5 Å². The van der Waals surface area contributed by atoms with Gasteiger partial charge in [0.25, 0.3) is 5.56 Å². The largest absolute Gasteiger partial charge is 0.472 e. The molecule has 0 aromatic carbocycles. The molecule has 7 rings (SSSR count). The van der Waals surface area contributed by atoms with E-state index in [-0.39, 0.29) is 34.0 Å². The Morgan fingerprint density at radius 1 is 0.957 bits per heavy atom. The SMILES string of the molecule is Nc1nc2c(ncn2[C@@H]2O[C@@H]3COP(=O)(O)CO[C@@H]4C(F)[C@H](n5cnc6c(N)ccnc65)O[C@@H]4COP(=O)(O)OC2[C@H]3O)c(=O)[nH]1. The summed E-state index contributed by atoms with van der Waals surface area (Å²) in [7, 11) is -9.77. The lowest BCUT2D eigenvalue weighted by atomic mass is 10.1. The van der Waals surface area contributed by atoms with Crippen molar-refractivity contribution < 1.29 is 56.2 Å². The van der Waals surface area contributed by atoms with Crippen LogP contribution in [0.15, 0.2) is 29.7 Å². The van der Waals surface area contributed by atoms with Gasteiger partial charge < -0.3 is 45.1 Å². The molecule has 21 nitrogen and oxygen atoms in total. The summed E-state index contributed by atoms with van der Waals surface area (Å²) < 4.78 is 77.1. The second-order valence-corrected chi connectivity index (χ2v) is 13.8. The summed E-state index contributed by atoms with van der Waals surface area (Å²) in [5, 5.41) is 11.0. The van der Waals surface area contributed by atoms with E-state index in [1.165, 1.54) is 23.2 Å². The number of aromatic nitrogens is 7. The van der Waals surface area contributed by atoms with Crippen LogP contribution in [0.2, 0.25) is 0 Å². The van der Waals surface area contributed by atoms with Crippen LogP contribution in [0, 0.1) is 0 Å². The van der Waals surface area contributed by atoms with Gasteiger partial charge in [0.1, 0.15) is 42.4 Å². The number of anilines is 2. The molecular formula is C22H26FN9O12P2. The summed E-state index contributed by atoms with van der Waals surface area (Å²) in [4.78, 5) is 52.1. The van der Waals surface area contributed by atoms with E-state index in [9.17, 15) is 28.8 Å². The number of imidazole rings is 2. The number of phosphoric ester groups is 1. The number of rotatable bonds is 2. The van der Waals surface area contributed by atoms with Gasteiger partial charge in [0.15, 0.2) is 35.4 Å². The van der Waals surface area contributed by atoms with Gasteiger partial charge in [0.05, 0.1) is 31.6 Å². The molecule has 3 aliphatic rings. The predicted octanol–water partition coefficient (Wildman–Crippen LogP) is -0.717. The zero-order valence-corrected chi connectivity index (χ0v) is 25.0. The van der Waals surface area contributed by atoms with E-state index in [1.54, 1.807) is 0 Å². The first kappa shape index (κ1) is 31.2. The van der Waals surface area contributed by atoms with Gasteiger partial charge in [0.2, 0.25) is 5.95 Å². The molecule has 24 heteroatoms. The van der Waals surface area contributed by atoms with Gasteiger partial charge in [-0.15, -0.1) is 0 Å². The van der Waals surface area contributed by atoms with Crippen molar-refractivity contribution >= 4 is 49.4 Å². The van der Waals surface area contributed by atoms with Crippen LogP contribution in [-0.2, 0) is 36.9 Å². The number of halogens is 1. The van der Waals surface area contributed by atoms with Crippen molar-refractivity contribution in [2.75, 3.05) is 31.0 Å². The molecule has 248 valence electrons. The van der Waals surface area contributed by atoms with Crippen LogP contribution in [0.5, 0.6) is 0 Å². The van der Waals surface area contributed by atoms with Crippen molar-refractivity contribution in [3.8, 4) is 0 Å². The van der Waals surface area contributed by atoms with Crippen LogP contribution in [0.25, 0.3) is 22.3 Å². The van der Waals surface area contributed by atoms with E-state index in [2.05, 4.69) is 24.9 Å². The van der Waals surface area contributed by atoms with E-state index in [0.29, 0.717) is 0 Å². The average Bonchev–Trinajstić information content (AvgIpc) is 3.75. The lowest BCUT2D eigenvalue weighted by Crippen LogP contribution is -2.37. The molecule has 8 N–H and O–H groups in total. The van der Waals surface area contributed by atoms with Crippen molar-refractivity contribution in [3.63, 3.8) is 0 Å². The van der Waals surface area contributed by atoms with Gasteiger partial charge in [-0.2, -0.15) is 4.98 Å². The number of pyridine rings is 1. The number of fused-ring (bicyclic) bond motifs is 5. The third kappa shape index (κ3) is 5.50. The topological polar surface area (TPSA) is 297 Å². The summed E-state index contributed by atoms with van der Waals surface area (Å²) in [5.74, 6) is -0.288. The minimum atomic E-state index is -5.12. The first-order chi connectivity index (χ1) is 21.8. The number of alkyl halides is 1. The summed E-state index contributed by atoms with van der Waals surface area (Å²) >= 11 is 0. The molecule has 3 aliphatic heterocycles. The number of nitrogen functional groups attached to an aromatic ring is 2. The smallest absolute Gasteiger partial charge is 0.397 e. The number of phosphoric acid groups is 1. The van der Waals surface area contributed by atoms with E-state index >= 15 is 4.39 Å². The van der Waals surface area contributed by atoms with E-state index in [0.717, 1.165) is 10.9 Å². The highest BCUT2D eigenvalue weighted by atomic mass is 31.2. The number of aromatic amines is 1. The maximum atomic E-state index is 15.9. The fraction of sp³-hybridized carbons (Fsp3) is 0.500. The Bertz CT molecular complexity index is 1960. The van der Waals surface area contributed by atoms with Crippen LogP contribution in [0.3, 0.4) is 0 Å². The zero-order valence-electron chi connectivity index (χ0n) is 23.2. The molecular weight excluding hydrogens is 663 g/mol. The van der Waals surface area contributed by atoms with Crippen LogP contribution in [0.4, 0.5) is 16.0 Å². The minimum absolute atomic E-state index is 0.132. The molecule has 2 bridgehead atoms. The maximum Gasteiger partial charge on any atom is 0.472 e.